The molecule has 0 atom stereocenters. The minimum Gasteiger partial charge on any atom is -0.288 e. The second-order valence-electron chi connectivity index (χ2n) is 1.81. The molecule has 0 radical (unpaired) electrons. The standard InChI is InChI=1S/C6H8ClN/c1-5-6(7)3-2-4-8-5/h3H,2,4H2,1H3. The Bertz CT molecular complexity index is 129. The Hall–Kier alpha value is -0.300. The zero-order valence-corrected chi connectivity index (χ0v) is 5.57. The van der Waals surface area contributed by atoms with E-state index in [9.17, 15) is 0 Å². The fourth-order valence-electron chi connectivity index (χ4n) is 0.647. The Labute approximate surface area is 54.1 Å². The number of hydrogen-bond donors (Lipinski definition) is 0. The van der Waals surface area contributed by atoms with Gasteiger partial charge in [-0.25, -0.2) is 0 Å². The van der Waals surface area contributed by atoms with Gasteiger partial charge in [0.05, 0.1) is 5.03 Å². The molecule has 0 N–H and O–H groups in total. The van der Waals surface area contributed by atoms with Crippen molar-refractivity contribution < 1.29 is 0 Å². The van der Waals surface area contributed by atoms with Crippen LogP contribution in [0.2, 0.25) is 0 Å². The molecular formula is C6H8ClN. The van der Waals surface area contributed by atoms with Crippen LogP contribution in [0.1, 0.15) is 13.3 Å². The summed E-state index contributed by atoms with van der Waals surface area (Å²) in [5.41, 5.74) is 0.970. The summed E-state index contributed by atoms with van der Waals surface area (Å²) in [6.45, 7) is 2.83. The molecule has 0 unspecified atom stereocenters. The smallest absolute Gasteiger partial charge is 0.0574 e. The highest BCUT2D eigenvalue weighted by Gasteiger charge is 1.99. The van der Waals surface area contributed by atoms with Crippen LogP contribution in [0, 0.1) is 0 Å². The summed E-state index contributed by atoms with van der Waals surface area (Å²) in [5, 5.41) is 0.816. The van der Waals surface area contributed by atoms with E-state index < -0.39 is 0 Å². The average molecular weight is 130 g/mol. The van der Waals surface area contributed by atoms with Crippen molar-refractivity contribution in [2.75, 3.05) is 6.54 Å². The van der Waals surface area contributed by atoms with Crippen LogP contribution in [-0.4, -0.2) is 12.3 Å². The molecule has 2 heteroatoms. The second-order valence-corrected chi connectivity index (χ2v) is 2.22. The number of rotatable bonds is 0. The minimum absolute atomic E-state index is 0.816. The SMILES string of the molecule is CC1=NCCC=C1Cl. The average Bonchev–Trinajstić information content (AvgIpc) is 1.77. The van der Waals surface area contributed by atoms with E-state index in [4.69, 9.17) is 11.6 Å². The lowest BCUT2D eigenvalue weighted by Gasteiger charge is -2.02. The molecule has 0 saturated carbocycles. The Morgan fingerprint density at radius 3 is 2.88 bits per heavy atom. The van der Waals surface area contributed by atoms with E-state index in [0.717, 1.165) is 23.7 Å². The van der Waals surface area contributed by atoms with E-state index in [1.165, 1.54) is 0 Å². The molecule has 0 aliphatic carbocycles. The molecule has 0 spiro atoms. The number of dihydropyridines is 1. The lowest BCUT2D eigenvalue weighted by molar-refractivity contribution is 0.988. The number of nitrogens with zero attached hydrogens (tertiary/aromatic N) is 1. The Morgan fingerprint density at radius 2 is 2.50 bits per heavy atom. The summed E-state index contributed by atoms with van der Waals surface area (Å²) in [4.78, 5) is 4.13. The van der Waals surface area contributed by atoms with Gasteiger partial charge in [0.1, 0.15) is 0 Å². The lowest BCUT2D eigenvalue weighted by Crippen LogP contribution is -1.98. The predicted molar refractivity (Wildman–Crippen MR) is 36.5 cm³/mol. The number of allylic oxidation sites excluding steroid dienone is 1. The van der Waals surface area contributed by atoms with Crippen molar-refractivity contribution in [2.24, 2.45) is 4.99 Å². The molecule has 8 heavy (non-hydrogen) atoms. The molecule has 1 aliphatic rings. The van der Waals surface area contributed by atoms with Crippen LogP contribution < -0.4 is 0 Å². The predicted octanol–water partition coefficient (Wildman–Crippen LogP) is 1.97. The van der Waals surface area contributed by atoms with E-state index in [-0.39, 0.29) is 0 Å². The van der Waals surface area contributed by atoms with E-state index in [0.29, 0.717) is 0 Å². The Morgan fingerprint density at radius 1 is 1.75 bits per heavy atom. The zero-order valence-electron chi connectivity index (χ0n) is 4.82. The fraction of sp³-hybridized carbons (Fsp3) is 0.500. The topological polar surface area (TPSA) is 12.4 Å². The molecule has 1 heterocycles. The Kier molecular flexibility index (Phi) is 1.69. The van der Waals surface area contributed by atoms with Gasteiger partial charge in [-0.15, -0.1) is 0 Å². The first kappa shape index (κ1) is 5.83. The van der Waals surface area contributed by atoms with Crippen molar-refractivity contribution in [1.82, 2.24) is 0 Å². The van der Waals surface area contributed by atoms with E-state index >= 15 is 0 Å². The van der Waals surface area contributed by atoms with Crippen molar-refractivity contribution >= 4 is 17.3 Å². The fourth-order valence-corrected chi connectivity index (χ4v) is 0.816. The van der Waals surface area contributed by atoms with Gasteiger partial charge in [-0.2, -0.15) is 0 Å². The number of hydrogen-bond acceptors (Lipinski definition) is 1. The molecular weight excluding hydrogens is 122 g/mol. The lowest BCUT2D eigenvalue weighted by atomic mass is 10.2. The third-order valence-corrected chi connectivity index (χ3v) is 1.58. The largest absolute Gasteiger partial charge is 0.288 e. The minimum atomic E-state index is 0.816. The number of halogens is 1. The van der Waals surface area contributed by atoms with Crippen LogP contribution in [0.5, 0.6) is 0 Å². The van der Waals surface area contributed by atoms with Crippen molar-refractivity contribution in [2.45, 2.75) is 13.3 Å². The maximum Gasteiger partial charge on any atom is 0.0574 e. The molecule has 0 bridgehead atoms. The van der Waals surface area contributed by atoms with Gasteiger partial charge in [0.25, 0.3) is 0 Å². The van der Waals surface area contributed by atoms with Gasteiger partial charge in [-0.3, -0.25) is 4.99 Å². The first-order valence-corrected chi connectivity index (χ1v) is 3.05. The highest BCUT2D eigenvalue weighted by Crippen LogP contribution is 2.09. The van der Waals surface area contributed by atoms with Gasteiger partial charge in [-0.1, -0.05) is 17.7 Å². The second kappa shape index (κ2) is 2.31. The summed E-state index contributed by atoms with van der Waals surface area (Å²) in [5.74, 6) is 0. The third-order valence-electron chi connectivity index (χ3n) is 1.15. The van der Waals surface area contributed by atoms with Gasteiger partial charge < -0.3 is 0 Å². The van der Waals surface area contributed by atoms with Gasteiger partial charge in [0.2, 0.25) is 0 Å². The summed E-state index contributed by atoms with van der Waals surface area (Å²) < 4.78 is 0. The quantitative estimate of drug-likeness (QED) is 0.474. The molecule has 1 rings (SSSR count). The van der Waals surface area contributed by atoms with Crippen molar-refractivity contribution in [3.63, 3.8) is 0 Å². The normalized spacial score (nSPS) is 19.8. The maximum absolute atomic E-state index is 5.70. The molecule has 1 aliphatic heterocycles. The van der Waals surface area contributed by atoms with Gasteiger partial charge in [0.15, 0.2) is 0 Å². The van der Waals surface area contributed by atoms with Crippen molar-refractivity contribution in [1.29, 1.82) is 0 Å². The van der Waals surface area contributed by atoms with Crippen LogP contribution in [0.3, 0.4) is 0 Å². The van der Waals surface area contributed by atoms with Crippen LogP contribution in [0.15, 0.2) is 16.1 Å². The van der Waals surface area contributed by atoms with E-state index in [1.807, 2.05) is 13.0 Å². The summed E-state index contributed by atoms with van der Waals surface area (Å²) in [7, 11) is 0. The third kappa shape index (κ3) is 1.10. The van der Waals surface area contributed by atoms with Crippen LogP contribution >= 0.6 is 11.6 Å². The molecule has 0 saturated heterocycles. The van der Waals surface area contributed by atoms with Crippen molar-refractivity contribution in [3.8, 4) is 0 Å². The summed E-state index contributed by atoms with van der Waals surface area (Å²) >= 11 is 5.70. The highest BCUT2D eigenvalue weighted by molar-refractivity contribution is 6.43. The van der Waals surface area contributed by atoms with Gasteiger partial charge >= 0.3 is 0 Å². The molecule has 0 amide bonds. The summed E-state index contributed by atoms with van der Waals surface area (Å²) in [6, 6.07) is 0. The molecule has 0 aromatic heterocycles. The first-order chi connectivity index (χ1) is 3.80. The van der Waals surface area contributed by atoms with Crippen LogP contribution in [0.25, 0.3) is 0 Å². The van der Waals surface area contributed by atoms with Crippen molar-refractivity contribution in [3.05, 3.63) is 11.1 Å². The molecule has 0 fully saturated rings. The number of aliphatic imine (C=N–C) groups is 1. The van der Waals surface area contributed by atoms with E-state index in [2.05, 4.69) is 4.99 Å². The summed E-state index contributed by atoms with van der Waals surface area (Å²) in [6.07, 6.45) is 3.00. The first-order valence-electron chi connectivity index (χ1n) is 2.68. The highest BCUT2D eigenvalue weighted by atomic mass is 35.5. The van der Waals surface area contributed by atoms with E-state index in [1.54, 1.807) is 0 Å². The van der Waals surface area contributed by atoms with Gasteiger partial charge in [0, 0.05) is 12.3 Å². The Balaban J connectivity index is 2.73. The molecule has 0 aromatic carbocycles. The van der Waals surface area contributed by atoms with Gasteiger partial charge in [-0.05, 0) is 13.3 Å². The monoisotopic (exact) mass is 129 g/mol. The molecule has 44 valence electrons. The zero-order chi connectivity index (χ0) is 5.98. The van der Waals surface area contributed by atoms with Crippen LogP contribution in [-0.2, 0) is 0 Å². The molecule has 1 nitrogen and oxygen atoms in total. The maximum atomic E-state index is 5.70. The molecule has 0 aromatic rings. The van der Waals surface area contributed by atoms with Crippen LogP contribution in [0.4, 0.5) is 0 Å².